The molecule has 0 saturated heterocycles. The van der Waals surface area contributed by atoms with Crippen molar-refractivity contribution in [3.8, 4) is 0 Å². The van der Waals surface area contributed by atoms with Crippen LogP contribution in [0.5, 0.6) is 0 Å². The molecule has 0 radical (unpaired) electrons. The van der Waals surface area contributed by atoms with Gasteiger partial charge in [0.2, 0.25) is 0 Å². The van der Waals surface area contributed by atoms with Crippen LogP contribution in [0.25, 0.3) is 0 Å². The number of nitrogens with one attached hydrogen (secondary N) is 1. The number of carboxylic acid groups (broad SMARTS) is 1. The fourth-order valence-corrected chi connectivity index (χ4v) is 0.348. The van der Waals surface area contributed by atoms with Gasteiger partial charge in [-0.15, -0.1) is 0 Å². The molecule has 0 aromatic carbocycles. The SMILES string of the molecule is NS(=O)(=O)NC(=O)[O-].[Na+]. The predicted octanol–water partition coefficient (Wildman–Crippen LogP) is -5.87. The number of carbonyl (C=O) groups excluding carboxylic acids is 1. The second kappa shape index (κ2) is 4.07. The second-order valence-corrected chi connectivity index (χ2v) is 2.23. The summed E-state index contributed by atoms with van der Waals surface area (Å²) in [6, 6.07) is 0. The van der Waals surface area contributed by atoms with Crippen molar-refractivity contribution in [1.82, 2.24) is 4.72 Å². The van der Waals surface area contributed by atoms with Crippen molar-refractivity contribution in [1.29, 1.82) is 0 Å². The van der Waals surface area contributed by atoms with Crippen LogP contribution in [0.3, 0.4) is 0 Å². The number of nitrogens with two attached hydrogens (primary N) is 1. The summed E-state index contributed by atoms with van der Waals surface area (Å²) in [4.78, 5) is 9.33. The van der Waals surface area contributed by atoms with Crippen molar-refractivity contribution in [2.24, 2.45) is 5.14 Å². The molecule has 48 valence electrons. The van der Waals surface area contributed by atoms with Gasteiger partial charge in [0.05, 0.1) is 0 Å². The summed E-state index contributed by atoms with van der Waals surface area (Å²) in [7, 11) is -4.14. The van der Waals surface area contributed by atoms with Crippen molar-refractivity contribution in [3.05, 3.63) is 0 Å². The van der Waals surface area contributed by atoms with E-state index in [0.29, 0.717) is 0 Å². The smallest absolute Gasteiger partial charge is 0.529 e. The molecule has 0 aromatic rings. The van der Waals surface area contributed by atoms with Gasteiger partial charge in [0.25, 0.3) is 10.2 Å². The molecule has 3 N–H and O–H groups in total. The molecule has 9 heavy (non-hydrogen) atoms. The summed E-state index contributed by atoms with van der Waals surface area (Å²) in [6.45, 7) is 0. The van der Waals surface area contributed by atoms with Gasteiger partial charge in [0.1, 0.15) is 6.09 Å². The Morgan fingerprint density at radius 3 is 1.89 bits per heavy atom. The summed E-state index contributed by atoms with van der Waals surface area (Å²) in [5.41, 5.74) is 0. The van der Waals surface area contributed by atoms with Gasteiger partial charge >= 0.3 is 29.6 Å². The third-order valence-corrected chi connectivity index (χ3v) is 0.677. The van der Waals surface area contributed by atoms with E-state index in [4.69, 9.17) is 0 Å². The largest absolute Gasteiger partial charge is 1.00 e. The van der Waals surface area contributed by atoms with Gasteiger partial charge in [-0.3, -0.25) is 4.72 Å². The summed E-state index contributed by atoms with van der Waals surface area (Å²) < 4.78 is 20.3. The molecule has 0 aromatic heterocycles. The normalized spacial score (nSPS) is 9.44. The first-order valence-corrected chi connectivity index (χ1v) is 2.98. The monoisotopic (exact) mass is 162 g/mol. The maximum Gasteiger partial charge on any atom is 1.00 e. The minimum Gasteiger partial charge on any atom is -0.529 e. The summed E-state index contributed by atoms with van der Waals surface area (Å²) in [6.07, 6.45) is -1.94. The van der Waals surface area contributed by atoms with E-state index in [9.17, 15) is 18.3 Å². The number of amides is 1. The fraction of sp³-hybridized carbons (Fsp3) is 0. The molecule has 1 amide bonds. The molecule has 0 saturated carbocycles. The Labute approximate surface area is 73.9 Å². The van der Waals surface area contributed by atoms with Gasteiger partial charge in [0.15, 0.2) is 0 Å². The Morgan fingerprint density at radius 1 is 1.56 bits per heavy atom. The Kier molecular flexibility index (Phi) is 5.39. The van der Waals surface area contributed by atoms with Crippen LogP contribution in [0.1, 0.15) is 0 Å². The number of rotatable bonds is 1. The molecule has 6 nitrogen and oxygen atoms in total. The van der Waals surface area contributed by atoms with Crippen molar-refractivity contribution in [3.63, 3.8) is 0 Å². The zero-order valence-corrected chi connectivity index (χ0v) is 7.44. The third kappa shape index (κ3) is 11.6. The van der Waals surface area contributed by atoms with Crippen molar-refractivity contribution in [2.75, 3.05) is 0 Å². The van der Waals surface area contributed by atoms with Gasteiger partial charge in [-0.2, -0.15) is 8.42 Å². The van der Waals surface area contributed by atoms with Gasteiger partial charge in [0, 0.05) is 0 Å². The zero-order chi connectivity index (χ0) is 6.78. The molecule has 0 spiro atoms. The standard InChI is InChI=1S/CH4N2O4S.Na/c2-8(6,7)3-1(4)5;/h3H,(H,4,5)(H2,2,6,7);/q;+1/p-1. The van der Waals surface area contributed by atoms with Gasteiger partial charge < -0.3 is 9.90 Å². The molecule has 8 heteroatoms. The van der Waals surface area contributed by atoms with E-state index in [1.807, 2.05) is 0 Å². The third-order valence-electron chi connectivity index (χ3n) is 0.226. The Morgan fingerprint density at radius 2 is 1.89 bits per heavy atom. The molecule has 0 aliphatic carbocycles. The van der Waals surface area contributed by atoms with Crippen molar-refractivity contribution >= 4 is 16.3 Å². The first-order chi connectivity index (χ1) is 3.42. The average molecular weight is 162 g/mol. The molecule has 0 atom stereocenters. The Hall–Kier alpha value is 0.180. The van der Waals surface area contributed by atoms with Gasteiger partial charge in [-0.1, -0.05) is 0 Å². The van der Waals surface area contributed by atoms with Crippen molar-refractivity contribution < 1.29 is 47.9 Å². The van der Waals surface area contributed by atoms with Crippen LogP contribution in [0.4, 0.5) is 4.79 Å². The van der Waals surface area contributed by atoms with Crippen LogP contribution in [0.2, 0.25) is 0 Å². The molecular weight excluding hydrogens is 159 g/mol. The number of hydrogen-bond acceptors (Lipinski definition) is 4. The van der Waals surface area contributed by atoms with E-state index in [2.05, 4.69) is 5.14 Å². The molecule has 0 bridgehead atoms. The first-order valence-electron chi connectivity index (χ1n) is 1.43. The van der Waals surface area contributed by atoms with E-state index in [1.165, 1.54) is 0 Å². The molecule has 0 rings (SSSR count). The quantitative estimate of drug-likeness (QED) is 0.374. The first kappa shape index (κ1) is 11.9. The minimum absolute atomic E-state index is 0. The van der Waals surface area contributed by atoms with Gasteiger partial charge in [-0.05, 0) is 0 Å². The number of carbonyl (C=O) groups is 1. The molecular formula is CH3N2NaO4S. The van der Waals surface area contributed by atoms with Crippen LogP contribution in [-0.4, -0.2) is 14.5 Å². The van der Waals surface area contributed by atoms with Crippen LogP contribution in [0.15, 0.2) is 0 Å². The topological polar surface area (TPSA) is 112 Å². The van der Waals surface area contributed by atoms with E-state index in [-0.39, 0.29) is 29.6 Å². The number of hydrogen-bond donors (Lipinski definition) is 2. The molecule has 0 heterocycles. The molecule has 0 fully saturated rings. The van der Waals surface area contributed by atoms with Crippen LogP contribution in [-0.2, 0) is 10.2 Å². The Balaban J connectivity index is 0. The summed E-state index contributed by atoms with van der Waals surface area (Å²) in [5.74, 6) is 0. The molecule has 0 aliphatic rings. The second-order valence-electron chi connectivity index (χ2n) is 0.935. The fourth-order valence-electron chi connectivity index (χ4n) is 0.116. The van der Waals surface area contributed by atoms with E-state index < -0.39 is 16.3 Å². The zero-order valence-electron chi connectivity index (χ0n) is 4.62. The predicted molar refractivity (Wildman–Crippen MR) is 21.6 cm³/mol. The van der Waals surface area contributed by atoms with E-state index in [0.717, 1.165) is 4.72 Å². The molecule has 0 aliphatic heterocycles. The molecule has 0 unspecified atom stereocenters. The maximum atomic E-state index is 9.69. The minimum atomic E-state index is -4.14. The van der Waals surface area contributed by atoms with Crippen LogP contribution in [0, 0.1) is 0 Å². The Bertz CT molecular complexity index is 185. The van der Waals surface area contributed by atoms with E-state index in [1.54, 1.807) is 0 Å². The van der Waals surface area contributed by atoms with Gasteiger partial charge in [-0.25, -0.2) is 5.14 Å². The maximum absolute atomic E-state index is 9.69. The van der Waals surface area contributed by atoms with Crippen molar-refractivity contribution in [2.45, 2.75) is 0 Å². The van der Waals surface area contributed by atoms with Crippen LogP contribution >= 0.6 is 0 Å². The average Bonchev–Trinajstić information content (AvgIpc) is 1.21. The summed E-state index contributed by atoms with van der Waals surface area (Å²) >= 11 is 0. The van der Waals surface area contributed by atoms with Crippen LogP contribution < -0.4 is 44.5 Å². The van der Waals surface area contributed by atoms with E-state index >= 15 is 0 Å². The summed E-state index contributed by atoms with van der Waals surface area (Å²) in [5, 5.41) is 13.5.